The Labute approximate surface area is 291 Å². The molecule has 1 saturated carbocycles. The molecular formula is C37H39BrClN3O4S. The normalized spacial score (nSPS) is 14.0. The second kappa shape index (κ2) is 15.5. The predicted molar refractivity (Wildman–Crippen MR) is 191 cm³/mol. The molecule has 5 rings (SSSR count). The Morgan fingerprint density at radius 2 is 1.55 bits per heavy atom. The van der Waals surface area contributed by atoms with E-state index in [-0.39, 0.29) is 29.8 Å². The van der Waals surface area contributed by atoms with E-state index in [0.29, 0.717) is 16.3 Å². The molecule has 47 heavy (non-hydrogen) atoms. The van der Waals surface area contributed by atoms with Crippen LogP contribution in [0.2, 0.25) is 5.02 Å². The minimum Gasteiger partial charge on any atom is -0.352 e. The summed E-state index contributed by atoms with van der Waals surface area (Å²) in [5, 5.41) is 3.54. The molecule has 4 aromatic rings. The minimum atomic E-state index is -4.22. The first-order chi connectivity index (χ1) is 22.5. The van der Waals surface area contributed by atoms with Gasteiger partial charge in [0.2, 0.25) is 11.8 Å². The van der Waals surface area contributed by atoms with E-state index in [1.165, 1.54) is 17.0 Å². The van der Waals surface area contributed by atoms with Crippen LogP contribution in [0.3, 0.4) is 0 Å². The number of hydrogen-bond donors (Lipinski definition) is 1. The van der Waals surface area contributed by atoms with Gasteiger partial charge in [0.1, 0.15) is 12.6 Å². The molecule has 1 aliphatic carbocycles. The average Bonchev–Trinajstić information content (AvgIpc) is 3.57. The first kappa shape index (κ1) is 34.7. The second-order valence-electron chi connectivity index (χ2n) is 12.1. The van der Waals surface area contributed by atoms with Gasteiger partial charge >= 0.3 is 0 Å². The van der Waals surface area contributed by atoms with Crippen LogP contribution < -0.4 is 9.62 Å². The van der Waals surface area contributed by atoms with E-state index in [4.69, 9.17) is 11.6 Å². The summed E-state index contributed by atoms with van der Waals surface area (Å²) in [6, 6.07) is 27.8. The van der Waals surface area contributed by atoms with Gasteiger partial charge < -0.3 is 10.2 Å². The van der Waals surface area contributed by atoms with E-state index in [1.807, 2.05) is 61.5 Å². The first-order valence-electron chi connectivity index (χ1n) is 15.7. The van der Waals surface area contributed by atoms with Gasteiger partial charge in [-0.1, -0.05) is 107 Å². The topological polar surface area (TPSA) is 86.8 Å². The van der Waals surface area contributed by atoms with Crippen LogP contribution in [0.1, 0.15) is 47.9 Å². The molecule has 0 aliphatic heterocycles. The van der Waals surface area contributed by atoms with Crippen molar-refractivity contribution in [1.82, 2.24) is 10.2 Å². The number of hydrogen-bond acceptors (Lipinski definition) is 4. The van der Waals surface area contributed by atoms with Crippen LogP contribution in [0, 0.1) is 13.8 Å². The van der Waals surface area contributed by atoms with Gasteiger partial charge in [0.15, 0.2) is 0 Å². The Balaban J connectivity index is 1.58. The number of nitrogens with zero attached hydrogens (tertiary/aromatic N) is 2. The van der Waals surface area contributed by atoms with E-state index in [2.05, 4.69) is 21.2 Å². The van der Waals surface area contributed by atoms with Gasteiger partial charge in [-0.3, -0.25) is 13.9 Å². The van der Waals surface area contributed by atoms with Crippen molar-refractivity contribution in [3.05, 3.63) is 129 Å². The van der Waals surface area contributed by atoms with Crippen molar-refractivity contribution in [2.75, 3.05) is 10.8 Å². The van der Waals surface area contributed by atoms with Crippen molar-refractivity contribution in [2.24, 2.45) is 0 Å². The van der Waals surface area contributed by atoms with E-state index < -0.39 is 28.5 Å². The summed E-state index contributed by atoms with van der Waals surface area (Å²) in [6.07, 6.45) is 4.13. The average molecular weight is 737 g/mol. The maximum atomic E-state index is 14.7. The molecule has 0 unspecified atom stereocenters. The molecule has 0 saturated heterocycles. The predicted octanol–water partition coefficient (Wildman–Crippen LogP) is 7.61. The molecule has 246 valence electrons. The molecule has 0 spiro atoms. The van der Waals surface area contributed by atoms with Gasteiger partial charge in [0, 0.05) is 28.5 Å². The smallest absolute Gasteiger partial charge is 0.264 e. The molecule has 1 atom stereocenters. The van der Waals surface area contributed by atoms with Crippen molar-refractivity contribution >= 4 is 55.1 Å². The zero-order valence-corrected chi connectivity index (χ0v) is 29.7. The molecule has 1 aliphatic rings. The van der Waals surface area contributed by atoms with Crippen molar-refractivity contribution in [3.8, 4) is 0 Å². The standard InChI is InChI=1S/C37H39BrClN3O4S/c1-26-12-20-33(21-13-26)47(45,46)42(34-23-31(39)19-14-27(34)2)25-36(43)41(24-29-15-17-30(38)18-16-29)35(22-28-8-4-3-5-9-28)37(44)40-32-10-6-7-11-32/h3-5,8-9,12-21,23,32,35H,6-7,10-11,22,24-25H2,1-2H3,(H,40,44)/t35-/m1/s1. The number of benzene rings is 4. The van der Waals surface area contributed by atoms with Crippen molar-refractivity contribution in [3.63, 3.8) is 0 Å². The molecule has 0 radical (unpaired) electrons. The molecule has 0 heterocycles. The number of aryl methyl sites for hydroxylation is 2. The summed E-state index contributed by atoms with van der Waals surface area (Å²) in [7, 11) is -4.22. The maximum absolute atomic E-state index is 14.7. The largest absolute Gasteiger partial charge is 0.352 e. The zero-order chi connectivity index (χ0) is 33.6. The Bertz CT molecular complexity index is 1800. The fourth-order valence-corrected chi connectivity index (χ4v) is 7.81. The third-order valence-corrected chi connectivity index (χ3v) is 11.1. The van der Waals surface area contributed by atoms with Gasteiger partial charge in [0.25, 0.3) is 10.0 Å². The summed E-state index contributed by atoms with van der Waals surface area (Å²) < 4.78 is 30.6. The molecular weight excluding hydrogens is 698 g/mol. The van der Waals surface area contributed by atoms with Crippen molar-refractivity contribution < 1.29 is 18.0 Å². The number of carbonyl (C=O) groups excluding carboxylic acids is 2. The van der Waals surface area contributed by atoms with Gasteiger partial charge in [-0.15, -0.1) is 0 Å². The SMILES string of the molecule is Cc1ccc(S(=O)(=O)N(CC(=O)N(Cc2ccc(Br)cc2)[C@H](Cc2ccccc2)C(=O)NC2CCCC2)c2cc(Cl)ccc2C)cc1. The Morgan fingerprint density at radius 1 is 0.894 bits per heavy atom. The number of amides is 2. The molecule has 7 nitrogen and oxygen atoms in total. The van der Waals surface area contributed by atoms with Gasteiger partial charge in [0.05, 0.1) is 10.6 Å². The highest BCUT2D eigenvalue weighted by molar-refractivity contribution is 9.10. The van der Waals surface area contributed by atoms with Crippen LogP contribution >= 0.6 is 27.5 Å². The highest BCUT2D eigenvalue weighted by Crippen LogP contribution is 2.30. The van der Waals surface area contributed by atoms with E-state index in [1.54, 1.807) is 37.3 Å². The summed E-state index contributed by atoms with van der Waals surface area (Å²) in [6.45, 7) is 3.23. The van der Waals surface area contributed by atoms with E-state index >= 15 is 0 Å². The lowest BCUT2D eigenvalue weighted by molar-refractivity contribution is -0.140. The molecule has 1 N–H and O–H groups in total. The lowest BCUT2D eigenvalue weighted by Gasteiger charge is -2.34. The number of anilines is 1. The number of halogens is 2. The molecule has 1 fully saturated rings. The molecule has 0 bridgehead atoms. The van der Waals surface area contributed by atoms with E-state index in [9.17, 15) is 18.0 Å². The highest BCUT2D eigenvalue weighted by Gasteiger charge is 2.36. The summed E-state index contributed by atoms with van der Waals surface area (Å²) in [4.78, 5) is 30.4. The van der Waals surface area contributed by atoms with Crippen LogP contribution in [0.25, 0.3) is 0 Å². The second-order valence-corrected chi connectivity index (χ2v) is 15.3. The fourth-order valence-electron chi connectivity index (χ4n) is 5.91. The summed E-state index contributed by atoms with van der Waals surface area (Å²) >= 11 is 9.86. The maximum Gasteiger partial charge on any atom is 0.264 e. The van der Waals surface area contributed by atoms with Crippen molar-refractivity contribution in [2.45, 2.75) is 69.5 Å². The van der Waals surface area contributed by atoms with Gasteiger partial charge in [-0.25, -0.2) is 8.42 Å². The first-order valence-corrected chi connectivity index (χ1v) is 18.4. The number of sulfonamides is 1. The zero-order valence-electron chi connectivity index (χ0n) is 26.5. The van der Waals surface area contributed by atoms with Crippen LogP contribution in [-0.2, 0) is 32.6 Å². The number of rotatable bonds is 12. The third-order valence-electron chi connectivity index (χ3n) is 8.57. The van der Waals surface area contributed by atoms with Crippen LogP contribution in [0.5, 0.6) is 0 Å². The lowest BCUT2D eigenvalue weighted by Crippen LogP contribution is -2.54. The highest BCUT2D eigenvalue weighted by atomic mass is 79.9. The van der Waals surface area contributed by atoms with Crippen LogP contribution in [0.4, 0.5) is 5.69 Å². The van der Waals surface area contributed by atoms with Gasteiger partial charge in [-0.05, 0) is 79.8 Å². The van der Waals surface area contributed by atoms with Crippen molar-refractivity contribution in [1.29, 1.82) is 0 Å². The minimum absolute atomic E-state index is 0.0397. The summed E-state index contributed by atoms with van der Waals surface area (Å²) in [5.41, 5.74) is 3.54. The van der Waals surface area contributed by atoms with Gasteiger partial charge in [-0.2, -0.15) is 0 Å². The molecule has 0 aromatic heterocycles. The molecule has 2 amide bonds. The van der Waals surface area contributed by atoms with Crippen LogP contribution in [-0.4, -0.2) is 43.8 Å². The van der Waals surface area contributed by atoms with Crippen LogP contribution in [0.15, 0.2) is 106 Å². The monoisotopic (exact) mass is 735 g/mol. The van der Waals surface area contributed by atoms with E-state index in [0.717, 1.165) is 51.2 Å². The fraction of sp³-hybridized carbons (Fsp3) is 0.297. The lowest BCUT2D eigenvalue weighted by atomic mass is 10.0. The Kier molecular flexibility index (Phi) is 11.4. The molecule has 10 heteroatoms. The molecule has 4 aromatic carbocycles. The quantitative estimate of drug-likeness (QED) is 0.162. The summed E-state index contributed by atoms with van der Waals surface area (Å²) in [5.74, 6) is -0.761. The Hall–Kier alpha value is -3.66. The number of carbonyl (C=O) groups is 2. The Morgan fingerprint density at radius 3 is 2.21 bits per heavy atom. The number of nitrogens with one attached hydrogen (secondary N) is 1. The third kappa shape index (κ3) is 8.83.